The van der Waals surface area contributed by atoms with Gasteiger partial charge in [0.25, 0.3) is 5.91 Å². The molecule has 0 saturated carbocycles. The molecule has 32 heavy (non-hydrogen) atoms. The lowest BCUT2D eigenvalue weighted by Gasteiger charge is -2.14. The number of halogens is 1. The van der Waals surface area contributed by atoms with Gasteiger partial charge in [-0.3, -0.25) is 9.59 Å². The highest BCUT2D eigenvalue weighted by molar-refractivity contribution is 8.00. The normalized spacial score (nSPS) is 11.5. The monoisotopic (exact) mass is 468 g/mol. The molecule has 0 aliphatic carbocycles. The molecular weight excluding hydrogens is 448 g/mol. The summed E-state index contributed by atoms with van der Waals surface area (Å²) in [6.07, 6.45) is 0. The minimum Gasteiger partial charge on any atom is -0.478 e. The third-order valence-electron chi connectivity index (χ3n) is 4.63. The second kappa shape index (κ2) is 10.3. The van der Waals surface area contributed by atoms with Crippen molar-refractivity contribution in [1.82, 2.24) is 0 Å². The van der Waals surface area contributed by atoms with E-state index in [1.807, 2.05) is 19.1 Å². The summed E-state index contributed by atoms with van der Waals surface area (Å²) in [6.45, 7) is 3.67. The Morgan fingerprint density at radius 2 is 1.66 bits per heavy atom. The van der Waals surface area contributed by atoms with Gasteiger partial charge < -0.3 is 15.7 Å². The van der Waals surface area contributed by atoms with E-state index in [1.165, 1.54) is 23.9 Å². The number of hydrogen-bond acceptors (Lipinski definition) is 4. The standard InChI is InChI=1S/C24H21ClN2O4S/c1-14-10-11-16(25)12-21(14)27-22(28)15(2)32-18-7-5-6-17(13-18)26-23(29)19-8-3-4-9-20(19)24(30)31/h3-13,15H,1-2H3,(H,26,29)(H,27,28)(H,30,31). The minimum absolute atomic E-state index is 0.0719. The molecule has 0 aliphatic rings. The molecule has 0 spiro atoms. The largest absolute Gasteiger partial charge is 0.478 e. The van der Waals surface area contributed by atoms with E-state index >= 15 is 0 Å². The topological polar surface area (TPSA) is 95.5 Å². The molecule has 8 heteroatoms. The number of carbonyl (C=O) groups is 3. The van der Waals surface area contributed by atoms with Crippen molar-refractivity contribution in [3.05, 3.63) is 88.4 Å². The maximum Gasteiger partial charge on any atom is 0.336 e. The third-order valence-corrected chi connectivity index (χ3v) is 5.96. The van der Waals surface area contributed by atoms with Crippen LogP contribution in [0.2, 0.25) is 5.02 Å². The predicted octanol–water partition coefficient (Wildman–Crippen LogP) is 5.72. The maximum absolute atomic E-state index is 12.6. The first kappa shape index (κ1) is 23.4. The number of hydrogen-bond donors (Lipinski definition) is 3. The van der Waals surface area contributed by atoms with Crippen LogP contribution < -0.4 is 10.6 Å². The highest BCUT2D eigenvalue weighted by atomic mass is 35.5. The molecule has 3 rings (SSSR count). The fraction of sp³-hybridized carbons (Fsp3) is 0.125. The molecule has 1 atom stereocenters. The van der Waals surface area contributed by atoms with Crippen molar-refractivity contribution < 1.29 is 19.5 Å². The van der Waals surface area contributed by atoms with E-state index in [2.05, 4.69) is 10.6 Å². The number of nitrogens with one attached hydrogen (secondary N) is 2. The van der Waals surface area contributed by atoms with Crippen molar-refractivity contribution in [3.63, 3.8) is 0 Å². The van der Waals surface area contributed by atoms with Crippen LogP contribution in [0.15, 0.2) is 71.6 Å². The number of carboxylic acids is 1. The third kappa shape index (κ3) is 5.90. The highest BCUT2D eigenvalue weighted by Crippen LogP contribution is 2.28. The molecule has 2 amide bonds. The summed E-state index contributed by atoms with van der Waals surface area (Å²) < 4.78 is 0. The van der Waals surface area contributed by atoms with Gasteiger partial charge in [0.1, 0.15) is 0 Å². The molecule has 0 aliphatic heterocycles. The second-order valence-corrected chi connectivity index (χ2v) is 8.89. The summed E-state index contributed by atoms with van der Waals surface area (Å²) in [5.74, 6) is -1.87. The summed E-state index contributed by atoms with van der Waals surface area (Å²) in [7, 11) is 0. The van der Waals surface area contributed by atoms with E-state index in [0.29, 0.717) is 16.4 Å². The van der Waals surface area contributed by atoms with Gasteiger partial charge in [-0.25, -0.2) is 4.79 Å². The smallest absolute Gasteiger partial charge is 0.336 e. The Morgan fingerprint density at radius 3 is 2.38 bits per heavy atom. The fourth-order valence-corrected chi connectivity index (χ4v) is 4.03. The molecule has 1 unspecified atom stereocenters. The van der Waals surface area contributed by atoms with Gasteiger partial charge in [-0.15, -0.1) is 11.8 Å². The van der Waals surface area contributed by atoms with Crippen LogP contribution in [0.25, 0.3) is 0 Å². The molecule has 0 heterocycles. The van der Waals surface area contributed by atoms with Crippen LogP contribution >= 0.6 is 23.4 Å². The summed E-state index contributed by atoms with van der Waals surface area (Å²) >= 11 is 7.35. The average molecular weight is 469 g/mol. The Morgan fingerprint density at radius 1 is 0.938 bits per heavy atom. The van der Waals surface area contributed by atoms with E-state index in [9.17, 15) is 19.5 Å². The first-order chi connectivity index (χ1) is 15.2. The van der Waals surface area contributed by atoms with Crippen LogP contribution in [-0.4, -0.2) is 28.1 Å². The van der Waals surface area contributed by atoms with Crippen LogP contribution in [0.5, 0.6) is 0 Å². The Balaban J connectivity index is 1.68. The highest BCUT2D eigenvalue weighted by Gasteiger charge is 2.18. The van der Waals surface area contributed by atoms with E-state index in [4.69, 9.17) is 11.6 Å². The molecule has 0 bridgehead atoms. The molecular formula is C24H21ClN2O4S. The molecule has 0 aromatic heterocycles. The molecule has 3 N–H and O–H groups in total. The summed E-state index contributed by atoms with van der Waals surface area (Å²) in [4.78, 5) is 37.4. The molecule has 0 radical (unpaired) electrons. The quantitative estimate of drug-likeness (QED) is 0.385. The maximum atomic E-state index is 12.6. The van der Waals surface area contributed by atoms with Crippen molar-refractivity contribution in [2.45, 2.75) is 24.0 Å². The zero-order valence-corrected chi connectivity index (χ0v) is 19.0. The first-order valence-electron chi connectivity index (χ1n) is 9.72. The van der Waals surface area contributed by atoms with E-state index in [0.717, 1.165) is 10.5 Å². The summed E-state index contributed by atoms with van der Waals surface area (Å²) in [6, 6.07) is 18.3. The Bertz CT molecular complexity index is 1180. The lowest BCUT2D eigenvalue weighted by atomic mass is 10.1. The van der Waals surface area contributed by atoms with Crippen LogP contribution in [-0.2, 0) is 4.79 Å². The van der Waals surface area contributed by atoms with E-state index in [-0.39, 0.29) is 17.0 Å². The number of anilines is 2. The van der Waals surface area contributed by atoms with Gasteiger partial charge in [0.05, 0.1) is 16.4 Å². The summed E-state index contributed by atoms with van der Waals surface area (Å²) in [5.41, 5.74) is 2.07. The lowest BCUT2D eigenvalue weighted by Crippen LogP contribution is -2.22. The zero-order valence-electron chi connectivity index (χ0n) is 17.4. The first-order valence-corrected chi connectivity index (χ1v) is 11.0. The van der Waals surface area contributed by atoms with Gasteiger partial charge in [-0.1, -0.05) is 35.9 Å². The fourth-order valence-electron chi connectivity index (χ4n) is 2.93. The van der Waals surface area contributed by atoms with Crippen molar-refractivity contribution in [2.24, 2.45) is 0 Å². The number of rotatable bonds is 7. The molecule has 3 aromatic carbocycles. The Kier molecular flexibility index (Phi) is 7.56. The SMILES string of the molecule is Cc1ccc(Cl)cc1NC(=O)C(C)Sc1cccc(NC(=O)c2ccccc2C(=O)O)c1. The van der Waals surface area contributed by atoms with Gasteiger partial charge in [0.15, 0.2) is 0 Å². The van der Waals surface area contributed by atoms with Gasteiger partial charge >= 0.3 is 5.97 Å². The average Bonchev–Trinajstić information content (AvgIpc) is 2.76. The van der Waals surface area contributed by atoms with Crippen molar-refractivity contribution in [2.75, 3.05) is 10.6 Å². The zero-order chi connectivity index (χ0) is 23.3. The van der Waals surface area contributed by atoms with E-state index in [1.54, 1.807) is 49.4 Å². The Labute approximate surface area is 195 Å². The van der Waals surface area contributed by atoms with Crippen molar-refractivity contribution >= 4 is 52.5 Å². The number of thioether (sulfide) groups is 1. The van der Waals surface area contributed by atoms with Crippen LogP contribution in [0.1, 0.15) is 33.2 Å². The second-order valence-electron chi connectivity index (χ2n) is 7.04. The molecule has 0 saturated heterocycles. The molecule has 0 fully saturated rings. The number of benzene rings is 3. The van der Waals surface area contributed by atoms with Crippen LogP contribution in [0.3, 0.4) is 0 Å². The molecule has 164 valence electrons. The number of carboxylic acid groups (broad SMARTS) is 1. The lowest BCUT2D eigenvalue weighted by molar-refractivity contribution is -0.115. The van der Waals surface area contributed by atoms with Gasteiger partial charge in [-0.05, 0) is 61.9 Å². The molecule has 3 aromatic rings. The van der Waals surface area contributed by atoms with E-state index < -0.39 is 17.1 Å². The number of amides is 2. The summed E-state index contributed by atoms with van der Waals surface area (Å²) in [5, 5.41) is 15.0. The number of aryl methyl sites for hydroxylation is 1. The van der Waals surface area contributed by atoms with Gasteiger partial charge in [0, 0.05) is 21.3 Å². The minimum atomic E-state index is -1.17. The van der Waals surface area contributed by atoms with Gasteiger partial charge in [0.2, 0.25) is 5.91 Å². The predicted molar refractivity (Wildman–Crippen MR) is 128 cm³/mol. The van der Waals surface area contributed by atoms with Crippen LogP contribution in [0.4, 0.5) is 11.4 Å². The number of aromatic carboxylic acids is 1. The van der Waals surface area contributed by atoms with Crippen molar-refractivity contribution in [1.29, 1.82) is 0 Å². The Hall–Kier alpha value is -3.29. The van der Waals surface area contributed by atoms with Crippen molar-refractivity contribution in [3.8, 4) is 0 Å². The molecule has 6 nitrogen and oxygen atoms in total. The van der Waals surface area contributed by atoms with Gasteiger partial charge in [-0.2, -0.15) is 0 Å². The number of carbonyl (C=O) groups excluding carboxylic acids is 2. The van der Waals surface area contributed by atoms with Crippen LogP contribution in [0, 0.1) is 6.92 Å².